The van der Waals surface area contributed by atoms with Crippen molar-refractivity contribution in [1.29, 1.82) is 0 Å². The van der Waals surface area contributed by atoms with Crippen molar-refractivity contribution in [2.45, 2.75) is 4.90 Å². The van der Waals surface area contributed by atoms with E-state index >= 15 is 0 Å². The van der Waals surface area contributed by atoms with Crippen molar-refractivity contribution in [2.75, 3.05) is 114 Å². The number of hydrogen-bond donors (Lipinski definition) is 1. The largest absolute Gasteiger partial charge is 0.497 e. The van der Waals surface area contributed by atoms with E-state index in [1.807, 2.05) is 4.90 Å². The first-order chi connectivity index (χ1) is 18.5. The van der Waals surface area contributed by atoms with E-state index in [-0.39, 0.29) is 4.90 Å². The number of rotatable bonds is 9. The van der Waals surface area contributed by atoms with E-state index in [2.05, 4.69) is 15.1 Å². The molecule has 5 rings (SSSR count). The number of morpholine rings is 2. The second-order valence-corrected chi connectivity index (χ2v) is 11.2. The lowest BCUT2D eigenvalue weighted by Crippen LogP contribution is -2.49. The van der Waals surface area contributed by atoms with E-state index in [9.17, 15) is 8.42 Å². The molecular formula is C24H36N8O5S. The minimum absolute atomic E-state index is 0.229. The molecule has 0 bridgehead atoms. The van der Waals surface area contributed by atoms with Gasteiger partial charge in [0.2, 0.25) is 27.9 Å². The van der Waals surface area contributed by atoms with Crippen LogP contribution in [-0.2, 0) is 19.5 Å². The number of nitrogens with one attached hydrogen (secondary N) is 1. The molecule has 4 heterocycles. The van der Waals surface area contributed by atoms with Crippen LogP contribution in [0.4, 0.5) is 17.8 Å². The first kappa shape index (κ1) is 26.8. The van der Waals surface area contributed by atoms with Crippen molar-refractivity contribution < 1.29 is 22.6 Å². The van der Waals surface area contributed by atoms with E-state index in [1.54, 1.807) is 24.3 Å². The summed E-state index contributed by atoms with van der Waals surface area (Å²) in [5.41, 5.74) is 0. The van der Waals surface area contributed by atoms with Crippen LogP contribution in [0.3, 0.4) is 0 Å². The molecule has 1 aromatic heterocycles. The van der Waals surface area contributed by atoms with Gasteiger partial charge in [0.05, 0.1) is 38.4 Å². The van der Waals surface area contributed by atoms with Crippen LogP contribution in [0.5, 0.6) is 5.75 Å². The summed E-state index contributed by atoms with van der Waals surface area (Å²) in [5.74, 6) is 2.20. The first-order valence-electron chi connectivity index (χ1n) is 13.0. The van der Waals surface area contributed by atoms with Gasteiger partial charge in [-0.15, -0.1) is 0 Å². The molecule has 38 heavy (non-hydrogen) atoms. The smallest absolute Gasteiger partial charge is 0.243 e. The zero-order valence-corrected chi connectivity index (χ0v) is 22.6. The van der Waals surface area contributed by atoms with E-state index in [0.717, 1.165) is 32.8 Å². The Morgan fingerprint density at radius 3 is 2.16 bits per heavy atom. The lowest BCUT2D eigenvalue weighted by Gasteiger charge is -2.34. The lowest BCUT2D eigenvalue weighted by molar-refractivity contribution is 0.0398. The van der Waals surface area contributed by atoms with E-state index in [1.165, 1.54) is 11.4 Å². The number of aromatic nitrogens is 3. The van der Waals surface area contributed by atoms with Gasteiger partial charge in [0.15, 0.2) is 0 Å². The van der Waals surface area contributed by atoms with Crippen LogP contribution in [0.25, 0.3) is 0 Å². The third-order valence-corrected chi connectivity index (χ3v) is 8.82. The summed E-state index contributed by atoms with van der Waals surface area (Å²) in [6.45, 7) is 9.24. The van der Waals surface area contributed by atoms with Gasteiger partial charge in [-0.2, -0.15) is 19.3 Å². The summed E-state index contributed by atoms with van der Waals surface area (Å²) in [6, 6.07) is 6.57. The van der Waals surface area contributed by atoms with Crippen molar-refractivity contribution in [2.24, 2.45) is 0 Å². The summed E-state index contributed by atoms with van der Waals surface area (Å²) in [7, 11) is -2.11. The highest BCUT2D eigenvalue weighted by atomic mass is 32.2. The Labute approximate surface area is 223 Å². The second kappa shape index (κ2) is 12.4. The summed E-state index contributed by atoms with van der Waals surface area (Å²) >= 11 is 0. The van der Waals surface area contributed by atoms with E-state index in [4.69, 9.17) is 29.2 Å². The SMILES string of the molecule is COc1cccc(S(=O)(=O)N2CCN(c3nc(NCCN4CCOCC4)nc(N4CCOCC4)n3)CC2)c1. The lowest BCUT2D eigenvalue weighted by atomic mass is 10.3. The number of anilines is 3. The van der Waals surface area contributed by atoms with Gasteiger partial charge in [-0.05, 0) is 12.1 Å². The molecule has 0 aliphatic carbocycles. The maximum Gasteiger partial charge on any atom is 0.243 e. The summed E-state index contributed by atoms with van der Waals surface area (Å²) in [6.07, 6.45) is 0. The third kappa shape index (κ3) is 6.43. The highest BCUT2D eigenvalue weighted by Crippen LogP contribution is 2.24. The molecule has 13 nitrogen and oxygen atoms in total. The van der Waals surface area contributed by atoms with Gasteiger partial charge < -0.3 is 29.3 Å². The zero-order valence-electron chi connectivity index (χ0n) is 21.8. The normalized spacial score (nSPS) is 19.9. The van der Waals surface area contributed by atoms with Crippen LogP contribution in [0.2, 0.25) is 0 Å². The predicted molar refractivity (Wildman–Crippen MR) is 143 cm³/mol. The molecule has 2 aromatic rings. The van der Waals surface area contributed by atoms with Crippen molar-refractivity contribution in [3.63, 3.8) is 0 Å². The fourth-order valence-electron chi connectivity index (χ4n) is 4.67. The van der Waals surface area contributed by atoms with E-state index in [0.29, 0.717) is 82.6 Å². The molecule has 0 amide bonds. The van der Waals surface area contributed by atoms with Crippen LogP contribution < -0.4 is 19.9 Å². The fraction of sp³-hybridized carbons (Fsp3) is 0.625. The Hall–Kier alpha value is -2.78. The Kier molecular flexibility index (Phi) is 8.74. The molecular weight excluding hydrogens is 512 g/mol. The van der Waals surface area contributed by atoms with Gasteiger partial charge in [0.25, 0.3) is 0 Å². The number of hydrogen-bond acceptors (Lipinski definition) is 12. The summed E-state index contributed by atoms with van der Waals surface area (Å²) in [4.78, 5) is 20.9. The summed E-state index contributed by atoms with van der Waals surface area (Å²) in [5, 5.41) is 3.37. The average molecular weight is 549 g/mol. The maximum atomic E-state index is 13.2. The number of piperazine rings is 1. The molecule has 0 atom stereocenters. The highest BCUT2D eigenvalue weighted by molar-refractivity contribution is 7.89. The number of sulfonamides is 1. The van der Waals surface area contributed by atoms with Crippen LogP contribution in [0.1, 0.15) is 0 Å². The Morgan fingerprint density at radius 2 is 1.50 bits per heavy atom. The number of nitrogens with zero attached hydrogens (tertiary/aromatic N) is 7. The molecule has 3 saturated heterocycles. The minimum Gasteiger partial charge on any atom is -0.497 e. The molecule has 1 aromatic carbocycles. The van der Waals surface area contributed by atoms with Gasteiger partial charge in [-0.25, -0.2) is 8.42 Å². The molecule has 1 N–H and O–H groups in total. The van der Waals surface area contributed by atoms with Gasteiger partial charge in [0.1, 0.15) is 5.75 Å². The molecule has 0 radical (unpaired) electrons. The van der Waals surface area contributed by atoms with Crippen LogP contribution in [0.15, 0.2) is 29.2 Å². The Bertz CT molecular complexity index is 1170. The van der Waals surface area contributed by atoms with Crippen molar-refractivity contribution in [3.05, 3.63) is 24.3 Å². The van der Waals surface area contributed by atoms with Crippen molar-refractivity contribution in [1.82, 2.24) is 24.2 Å². The van der Waals surface area contributed by atoms with Crippen LogP contribution in [-0.4, -0.2) is 132 Å². The molecule has 0 saturated carbocycles. The number of benzene rings is 1. The summed E-state index contributed by atoms with van der Waals surface area (Å²) < 4.78 is 44.1. The molecule has 3 aliphatic heterocycles. The first-order valence-corrected chi connectivity index (χ1v) is 14.5. The number of ether oxygens (including phenoxy) is 3. The monoisotopic (exact) mass is 548 g/mol. The van der Waals surface area contributed by atoms with Crippen LogP contribution >= 0.6 is 0 Å². The number of methoxy groups -OCH3 is 1. The Balaban J connectivity index is 1.27. The molecule has 208 valence electrons. The van der Waals surface area contributed by atoms with Crippen LogP contribution in [0, 0.1) is 0 Å². The van der Waals surface area contributed by atoms with Gasteiger partial charge in [-0.3, -0.25) is 4.90 Å². The van der Waals surface area contributed by atoms with Crippen molar-refractivity contribution >= 4 is 27.9 Å². The van der Waals surface area contributed by atoms with E-state index < -0.39 is 10.0 Å². The molecule has 14 heteroatoms. The average Bonchev–Trinajstić information content (AvgIpc) is 2.98. The molecule has 3 fully saturated rings. The quantitative estimate of drug-likeness (QED) is 0.452. The molecule has 3 aliphatic rings. The topological polar surface area (TPSA) is 125 Å². The van der Waals surface area contributed by atoms with Crippen molar-refractivity contribution in [3.8, 4) is 5.75 Å². The third-order valence-electron chi connectivity index (χ3n) is 6.92. The standard InChI is InChI=1S/C24H36N8O5S/c1-35-20-3-2-4-21(19-20)38(33,34)32-9-7-30(8-10-32)23-26-22(25-5-6-29-11-15-36-16-12-29)27-24(28-23)31-13-17-37-18-14-31/h2-4,19H,5-18H2,1H3,(H,25,26,27,28). The highest BCUT2D eigenvalue weighted by Gasteiger charge is 2.30. The molecule has 0 spiro atoms. The zero-order chi connectivity index (χ0) is 26.4. The second-order valence-electron chi connectivity index (χ2n) is 9.31. The van der Waals surface area contributed by atoms with Gasteiger partial charge >= 0.3 is 0 Å². The fourth-order valence-corrected chi connectivity index (χ4v) is 6.13. The Morgan fingerprint density at radius 1 is 0.868 bits per heavy atom. The van der Waals surface area contributed by atoms with Gasteiger partial charge in [-0.1, -0.05) is 6.07 Å². The van der Waals surface area contributed by atoms with Gasteiger partial charge in [0, 0.05) is 71.5 Å². The predicted octanol–water partition coefficient (Wildman–Crippen LogP) is -0.0282. The molecule has 0 unspecified atom stereocenters. The maximum absolute atomic E-state index is 13.2. The minimum atomic E-state index is -3.63.